The summed E-state index contributed by atoms with van der Waals surface area (Å²) in [6, 6.07) is 4.59. The van der Waals surface area contributed by atoms with Gasteiger partial charge in [-0.2, -0.15) is 0 Å². The molecular weight excluding hydrogens is 1380 g/mol. The van der Waals surface area contributed by atoms with E-state index in [4.69, 9.17) is 62.8 Å². The fourth-order valence-corrected chi connectivity index (χ4v) is 13.2. The molecule has 2 aromatic heterocycles. The Balaban J connectivity index is 0.738. The molecule has 106 heavy (non-hydrogen) atoms. The summed E-state index contributed by atoms with van der Waals surface area (Å²) in [6.45, 7) is 19.1. The van der Waals surface area contributed by atoms with Gasteiger partial charge in [-0.3, -0.25) is 28.8 Å². The van der Waals surface area contributed by atoms with Crippen LogP contribution in [0.5, 0.6) is 0 Å². The van der Waals surface area contributed by atoms with Crippen molar-refractivity contribution >= 4 is 64.2 Å². The minimum absolute atomic E-state index is 0.0355. The molecule has 8 amide bonds. The number of halogens is 1. The number of benzene rings is 2. The van der Waals surface area contributed by atoms with E-state index in [1.54, 1.807) is 62.9 Å². The average Bonchev–Trinajstić information content (AvgIpc) is 1.50. The third kappa shape index (κ3) is 22.6. The number of carbonyl (C=O) groups is 8. The standard InChI is InChI=1S/C74H105FN10O21/c1-8-22-96-24-26-98-28-30-100-32-34-102-36-38-104-39-37-103-35-33-101-31-29-99-27-25-97-23-19-61(86)82-65(46(3)4)68(89)80-57(18-20-77-72(76)93)67(88)78-42-62(87)83-21-10-11-59(83)70(91)85(47(5)6)50-14-12-49(13-15-50)44-106-73(94)81-56-17-16-51-48(7)55(75)41-58-63(51)64(56)52-43-84-60(66(52)79-58)40-54-53(69(84)90)45-105-71(92)74(54,95)9-2/h12-15,40-41,46-47,56-57,59,65,95H,8-11,16-39,42-45H2,1-7H3,(H,78,88)(H,80,89)(H,81,94)(H,82,86)(H3,76,77,93)/t56-,57+,59+,65?,74-/m0/s1. The lowest BCUT2D eigenvalue weighted by Gasteiger charge is -2.33. The van der Waals surface area contributed by atoms with E-state index in [0.29, 0.717) is 168 Å². The SMILES string of the molecule is CCCOCCOCCOCCOCCOCCOCCOCCOCCOCCC(=O)NC(C(=O)N[C@H](CCNC(N)=O)C(=O)NCC(=O)N1CCC[C@@H]1C(=O)N(c1ccc(COC(=O)N[C@H]2CCc3c(C)c(F)cc4nc5c(c2c34)Cn2c-5cc3c(c2=O)COC(=O)[C@]3(O)CC)cc1)C(C)C)C(C)C. The fraction of sp³-hybridized carbons (Fsp3) is 0.622. The number of hydrogen-bond acceptors (Lipinski definition) is 22. The molecule has 0 bridgehead atoms. The number of ether oxygens (including phenoxy) is 11. The number of urea groups is 1. The number of aryl methyl sites for hydroxylation is 1. The number of rotatable bonds is 46. The van der Waals surface area contributed by atoms with Gasteiger partial charge in [0.1, 0.15) is 37.2 Å². The monoisotopic (exact) mass is 1490 g/mol. The molecule has 4 aromatic rings. The lowest BCUT2D eigenvalue weighted by Crippen LogP contribution is -2.57. The highest BCUT2D eigenvalue weighted by Gasteiger charge is 2.46. The number of nitrogens with zero attached hydrogens (tertiary/aromatic N) is 4. The van der Waals surface area contributed by atoms with Crippen LogP contribution in [0.2, 0.25) is 0 Å². The first kappa shape index (κ1) is 83.3. The molecule has 0 radical (unpaired) electrons. The van der Waals surface area contributed by atoms with Gasteiger partial charge in [0.25, 0.3) is 5.56 Å². The highest BCUT2D eigenvalue weighted by molar-refractivity contribution is 6.01. The molecule has 8 N–H and O–H groups in total. The van der Waals surface area contributed by atoms with Gasteiger partial charge in [-0.1, -0.05) is 39.8 Å². The predicted octanol–water partition coefficient (Wildman–Crippen LogP) is 3.92. The van der Waals surface area contributed by atoms with Crippen LogP contribution in [0.25, 0.3) is 22.3 Å². The van der Waals surface area contributed by atoms with E-state index in [-0.39, 0.29) is 95.0 Å². The Hall–Kier alpha value is -8.31. The number of primary amides is 1. The van der Waals surface area contributed by atoms with E-state index in [1.165, 1.54) is 15.5 Å². The van der Waals surface area contributed by atoms with Crippen molar-refractivity contribution in [2.75, 3.05) is 143 Å². The molecule has 0 saturated carbocycles. The summed E-state index contributed by atoms with van der Waals surface area (Å²) in [7, 11) is 0. The number of aromatic nitrogens is 2. The summed E-state index contributed by atoms with van der Waals surface area (Å²) in [5, 5.41) is 25.5. The van der Waals surface area contributed by atoms with E-state index in [0.717, 1.165) is 18.6 Å². The Morgan fingerprint density at radius 2 is 1.33 bits per heavy atom. The van der Waals surface area contributed by atoms with Crippen LogP contribution in [0, 0.1) is 18.7 Å². The molecule has 31 nitrogen and oxygen atoms in total. The van der Waals surface area contributed by atoms with Gasteiger partial charge in [0.15, 0.2) is 5.60 Å². The van der Waals surface area contributed by atoms with Gasteiger partial charge in [0, 0.05) is 60.4 Å². The van der Waals surface area contributed by atoms with Crippen molar-refractivity contribution in [1.82, 2.24) is 41.0 Å². The predicted molar refractivity (Wildman–Crippen MR) is 384 cm³/mol. The molecule has 5 atom stereocenters. The zero-order valence-electron chi connectivity index (χ0n) is 61.9. The number of fused-ring (bicyclic) bond motifs is 5. The van der Waals surface area contributed by atoms with Crippen molar-refractivity contribution in [3.05, 3.63) is 91.5 Å². The van der Waals surface area contributed by atoms with Crippen LogP contribution >= 0.6 is 0 Å². The maximum atomic E-state index is 15.6. The third-order valence-corrected chi connectivity index (χ3v) is 18.7. The van der Waals surface area contributed by atoms with Gasteiger partial charge in [-0.15, -0.1) is 0 Å². The maximum Gasteiger partial charge on any atom is 0.407 e. The van der Waals surface area contributed by atoms with E-state index in [9.17, 15) is 48.3 Å². The Bertz CT molecular complexity index is 3710. The van der Waals surface area contributed by atoms with Crippen molar-refractivity contribution < 1.29 is 100.0 Å². The zero-order chi connectivity index (χ0) is 76.3. The number of alkyl carbamates (subject to hydrolysis) is 1. The fourth-order valence-electron chi connectivity index (χ4n) is 13.2. The Kier molecular flexibility index (Phi) is 32.8. The highest BCUT2D eigenvalue weighted by Crippen LogP contribution is 2.46. The van der Waals surface area contributed by atoms with Crippen molar-refractivity contribution in [2.45, 2.75) is 155 Å². The number of nitrogens with two attached hydrogens (primary N) is 1. The molecule has 4 aliphatic rings. The van der Waals surface area contributed by atoms with Crippen LogP contribution in [-0.2, 0) is 113 Å². The van der Waals surface area contributed by atoms with Gasteiger partial charge < -0.3 is 104 Å². The first-order chi connectivity index (χ1) is 51.1. The van der Waals surface area contributed by atoms with Crippen molar-refractivity contribution in [2.24, 2.45) is 11.7 Å². The van der Waals surface area contributed by atoms with Crippen LogP contribution in [0.1, 0.15) is 131 Å². The molecule has 32 heteroatoms. The summed E-state index contributed by atoms with van der Waals surface area (Å²) >= 11 is 0. The number of carbonyl (C=O) groups excluding carboxylic acids is 8. The van der Waals surface area contributed by atoms with Crippen LogP contribution in [0.15, 0.2) is 41.2 Å². The van der Waals surface area contributed by atoms with Gasteiger partial charge in [0.05, 0.1) is 154 Å². The molecule has 584 valence electrons. The molecule has 0 spiro atoms. The number of amides is 8. The molecular formula is C74H105FN10O21. The maximum absolute atomic E-state index is 15.6. The van der Waals surface area contributed by atoms with Crippen molar-refractivity contribution in [1.29, 1.82) is 0 Å². The second kappa shape index (κ2) is 41.7. The van der Waals surface area contributed by atoms with Crippen LogP contribution in [-0.4, -0.2) is 230 Å². The summed E-state index contributed by atoms with van der Waals surface area (Å²) in [5.41, 5.74) is 7.64. The average molecular weight is 1490 g/mol. The largest absolute Gasteiger partial charge is 0.458 e. The second-order valence-corrected chi connectivity index (χ2v) is 26.7. The van der Waals surface area contributed by atoms with E-state index >= 15 is 4.39 Å². The molecule has 1 unspecified atom stereocenters. The molecule has 2 aromatic carbocycles. The van der Waals surface area contributed by atoms with Crippen LogP contribution in [0.4, 0.5) is 19.7 Å². The van der Waals surface area contributed by atoms with Gasteiger partial charge >= 0.3 is 18.1 Å². The zero-order valence-corrected chi connectivity index (χ0v) is 61.9. The normalized spacial score (nSPS) is 17.0. The topological polar surface area (TPSA) is 386 Å². The Labute approximate surface area is 616 Å². The molecule has 1 fully saturated rings. The number of aliphatic hydroxyl groups is 1. The molecule has 8 rings (SSSR count). The highest BCUT2D eigenvalue weighted by atomic mass is 19.1. The molecule has 3 aliphatic heterocycles. The molecule has 1 saturated heterocycles. The minimum Gasteiger partial charge on any atom is -0.458 e. The van der Waals surface area contributed by atoms with Gasteiger partial charge in [-0.05, 0) is 112 Å². The van der Waals surface area contributed by atoms with Crippen molar-refractivity contribution in [3.63, 3.8) is 0 Å². The lowest BCUT2D eigenvalue weighted by molar-refractivity contribution is -0.172. The number of cyclic esters (lactones) is 1. The number of hydrogen-bond donors (Lipinski definition) is 7. The summed E-state index contributed by atoms with van der Waals surface area (Å²) < 4.78 is 77.5. The summed E-state index contributed by atoms with van der Waals surface area (Å²) in [6.07, 6.45) is 1.58. The first-order valence-corrected chi connectivity index (χ1v) is 36.6. The number of pyridine rings is 2. The summed E-state index contributed by atoms with van der Waals surface area (Å²) in [5.74, 6) is -4.61. The Morgan fingerprint density at radius 1 is 0.745 bits per heavy atom. The van der Waals surface area contributed by atoms with Crippen LogP contribution < -0.4 is 42.8 Å². The van der Waals surface area contributed by atoms with E-state index in [1.807, 2.05) is 13.8 Å². The number of esters is 1. The smallest absolute Gasteiger partial charge is 0.407 e. The molecule has 1 aliphatic carbocycles. The van der Waals surface area contributed by atoms with Gasteiger partial charge in [0.2, 0.25) is 29.5 Å². The quantitative estimate of drug-likeness (QED) is 0.0214. The minimum atomic E-state index is -2.06. The van der Waals surface area contributed by atoms with E-state index in [2.05, 4.69) is 33.5 Å². The number of nitrogens with one attached hydrogen (secondary N) is 5. The third-order valence-electron chi connectivity index (χ3n) is 18.7. The van der Waals surface area contributed by atoms with Crippen molar-refractivity contribution in [3.8, 4) is 11.4 Å². The van der Waals surface area contributed by atoms with Gasteiger partial charge in [-0.25, -0.2) is 23.8 Å². The van der Waals surface area contributed by atoms with Crippen LogP contribution in [0.3, 0.4) is 0 Å². The number of anilines is 1. The lowest BCUT2D eigenvalue weighted by atomic mass is 9.81. The second-order valence-electron chi connectivity index (χ2n) is 26.7. The van der Waals surface area contributed by atoms with E-state index < -0.39 is 95.3 Å². The number of likely N-dealkylation sites (tertiary alicyclic amines) is 1. The first-order valence-electron chi connectivity index (χ1n) is 36.6. The summed E-state index contributed by atoms with van der Waals surface area (Å²) in [4.78, 5) is 130. The molecule has 5 heterocycles. The Morgan fingerprint density at radius 3 is 1.89 bits per heavy atom.